The number of benzene rings is 1. The van der Waals surface area contributed by atoms with Crippen molar-refractivity contribution in [2.75, 3.05) is 25.4 Å². The molecule has 2 rings (SSSR count). The maximum Gasteiger partial charge on any atom is 0.157 e. The van der Waals surface area contributed by atoms with E-state index in [1.165, 1.54) is 0 Å². The molecular formula is C14H20ClNO3S. The van der Waals surface area contributed by atoms with Gasteiger partial charge in [0.15, 0.2) is 9.84 Å². The van der Waals surface area contributed by atoms with Crippen molar-refractivity contribution in [3.8, 4) is 0 Å². The summed E-state index contributed by atoms with van der Waals surface area (Å²) in [5.41, 5.74) is 0.753. The van der Waals surface area contributed by atoms with Gasteiger partial charge in [0.05, 0.1) is 16.6 Å². The van der Waals surface area contributed by atoms with E-state index in [1.807, 2.05) is 11.0 Å². The summed E-state index contributed by atoms with van der Waals surface area (Å²) in [7, 11) is -3.05. The number of halogens is 1. The highest BCUT2D eigenvalue weighted by atomic mass is 35.5. The lowest BCUT2D eigenvalue weighted by Crippen LogP contribution is -2.53. The number of aliphatic hydroxyl groups excluding tert-OH is 1. The molecule has 0 amide bonds. The van der Waals surface area contributed by atoms with Crippen LogP contribution in [-0.2, 0) is 9.84 Å². The van der Waals surface area contributed by atoms with E-state index in [2.05, 4.69) is 0 Å². The number of rotatable bonds is 3. The topological polar surface area (TPSA) is 57.6 Å². The predicted octanol–water partition coefficient (Wildman–Crippen LogP) is 1.88. The zero-order valence-electron chi connectivity index (χ0n) is 11.7. The highest BCUT2D eigenvalue weighted by molar-refractivity contribution is 7.92. The zero-order chi connectivity index (χ0) is 15.0. The van der Waals surface area contributed by atoms with Crippen molar-refractivity contribution in [2.24, 2.45) is 0 Å². The van der Waals surface area contributed by atoms with Crippen molar-refractivity contribution in [3.63, 3.8) is 0 Å². The van der Waals surface area contributed by atoms with Crippen molar-refractivity contribution in [2.45, 2.75) is 24.7 Å². The molecule has 1 atom stereocenters. The van der Waals surface area contributed by atoms with Gasteiger partial charge in [-0.2, -0.15) is 0 Å². The molecule has 1 saturated heterocycles. The predicted molar refractivity (Wildman–Crippen MR) is 80.7 cm³/mol. The lowest BCUT2D eigenvalue weighted by molar-refractivity contribution is 0.108. The molecule has 6 heteroatoms. The quantitative estimate of drug-likeness (QED) is 0.925. The number of sulfone groups is 1. The summed E-state index contributed by atoms with van der Waals surface area (Å²) < 4.78 is 23.1. The van der Waals surface area contributed by atoms with E-state index in [9.17, 15) is 13.5 Å². The fraction of sp³-hybridized carbons (Fsp3) is 0.571. The van der Waals surface area contributed by atoms with Crippen LogP contribution >= 0.6 is 11.6 Å². The third kappa shape index (κ3) is 3.34. The van der Waals surface area contributed by atoms with E-state index in [4.69, 9.17) is 11.6 Å². The number of nitrogens with zero attached hydrogens (tertiary/aromatic N) is 1. The average molecular weight is 318 g/mol. The van der Waals surface area contributed by atoms with Gasteiger partial charge >= 0.3 is 0 Å². The largest absolute Gasteiger partial charge is 0.387 e. The van der Waals surface area contributed by atoms with E-state index >= 15 is 0 Å². The minimum Gasteiger partial charge on any atom is -0.387 e. The van der Waals surface area contributed by atoms with Gasteiger partial charge in [-0.05, 0) is 31.5 Å². The Bertz CT molecular complexity index is 586. The van der Waals surface area contributed by atoms with Gasteiger partial charge in [-0.3, -0.25) is 4.90 Å². The molecule has 1 fully saturated rings. The van der Waals surface area contributed by atoms with Crippen molar-refractivity contribution in [1.82, 2.24) is 4.90 Å². The van der Waals surface area contributed by atoms with E-state index in [1.54, 1.807) is 32.0 Å². The molecule has 0 aliphatic carbocycles. The SMILES string of the molecule is CC1(C)CN(CC(O)c2cccc(Cl)c2)CCS1(=O)=O. The van der Waals surface area contributed by atoms with Crippen LogP contribution in [-0.4, -0.2) is 48.6 Å². The first kappa shape index (κ1) is 15.8. The number of hydrogen-bond donors (Lipinski definition) is 1. The smallest absolute Gasteiger partial charge is 0.157 e. The minimum atomic E-state index is -3.05. The summed E-state index contributed by atoms with van der Waals surface area (Å²) in [6.45, 7) is 4.79. The van der Waals surface area contributed by atoms with Gasteiger partial charge < -0.3 is 5.11 Å². The van der Waals surface area contributed by atoms with Crippen molar-refractivity contribution in [3.05, 3.63) is 34.9 Å². The lowest BCUT2D eigenvalue weighted by Gasteiger charge is -2.38. The first-order chi connectivity index (χ1) is 9.21. The highest BCUT2D eigenvalue weighted by Crippen LogP contribution is 2.26. The Balaban J connectivity index is 2.05. The van der Waals surface area contributed by atoms with Crippen LogP contribution in [0.4, 0.5) is 0 Å². The van der Waals surface area contributed by atoms with E-state index < -0.39 is 20.7 Å². The minimum absolute atomic E-state index is 0.141. The number of hydrogen-bond acceptors (Lipinski definition) is 4. The maximum absolute atomic E-state index is 11.9. The molecule has 20 heavy (non-hydrogen) atoms. The first-order valence-corrected chi connectivity index (χ1v) is 8.62. The van der Waals surface area contributed by atoms with Gasteiger partial charge in [-0.25, -0.2) is 8.42 Å². The van der Waals surface area contributed by atoms with E-state index in [0.717, 1.165) is 5.56 Å². The molecule has 1 aromatic carbocycles. The molecule has 112 valence electrons. The molecule has 0 bridgehead atoms. The van der Waals surface area contributed by atoms with Gasteiger partial charge in [0.2, 0.25) is 0 Å². The summed E-state index contributed by atoms with van der Waals surface area (Å²) in [6.07, 6.45) is -0.662. The van der Waals surface area contributed by atoms with Crippen LogP contribution in [0.3, 0.4) is 0 Å². The van der Waals surface area contributed by atoms with Crippen LogP contribution in [0, 0.1) is 0 Å². The molecular weight excluding hydrogens is 298 g/mol. The van der Waals surface area contributed by atoms with Crippen LogP contribution in [0.15, 0.2) is 24.3 Å². The molecule has 0 saturated carbocycles. The fourth-order valence-electron chi connectivity index (χ4n) is 2.46. The van der Waals surface area contributed by atoms with Gasteiger partial charge in [0.25, 0.3) is 0 Å². The Morgan fingerprint density at radius 2 is 2.15 bits per heavy atom. The summed E-state index contributed by atoms with van der Waals surface area (Å²) in [6, 6.07) is 7.11. The molecule has 1 aliphatic heterocycles. The molecule has 1 heterocycles. The summed E-state index contributed by atoms with van der Waals surface area (Å²) >= 11 is 5.91. The third-order valence-electron chi connectivity index (χ3n) is 3.79. The molecule has 0 aromatic heterocycles. The monoisotopic (exact) mass is 317 g/mol. The molecule has 1 unspecified atom stereocenters. The Labute approximate surface area is 125 Å². The van der Waals surface area contributed by atoms with Crippen LogP contribution in [0.2, 0.25) is 5.02 Å². The molecule has 1 aliphatic rings. The van der Waals surface area contributed by atoms with Crippen LogP contribution in [0.25, 0.3) is 0 Å². The second kappa shape index (κ2) is 5.64. The van der Waals surface area contributed by atoms with Crippen LogP contribution < -0.4 is 0 Å². The van der Waals surface area contributed by atoms with Crippen LogP contribution in [0.1, 0.15) is 25.5 Å². The Morgan fingerprint density at radius 3 is 2.75 bits per heavy atom. The highest BCUT2D eigenvalue weighted by Gasteiger charge is 2.40. The zero-order valence-corrected chi connectivity index (χ0v) is 13.3. The van der Waals surface area contributed by atoms with Crippen LogP contribution in [0.5, 0.6) is 0 Å². The standard InChI is InChI=1S/C14H20ClNO3S/c1-14(2)10-16(6-7-20(14,18)19)9-13(17)11-4-3-5-12(15)8-11/h3-5,8,13,17H,6-7,9-10H2,1-2H3. The van der Waals surface area contributed by atoms with Gasteiger partial charge in [0, 0.05) is 24.7 Å². The normalized spacial score (nSPS) is 23.4. The Kier molecular flexibility index (Phi) is 4.44. The van der Waals surface area contributed by atoms with E-state index in [0.29, 0.717) is 24.7 Å². The molecule has 0 radical (unpaired) electrons. The lowest BCUT2D eigenvalue weighted by atomic mass is 10.1. The summed E-state index contributed by atoms with van der Waals surface area (Å²) in [5, 5.41) is 10.8. The molecule has 0 spiro atoms. The van der Waals surface area contributed by atoms with Gasteiger partial charge in [-0.1, -0.05) is 23.7 Å². The maximum atomic E-state index is 11.9. The Morgan fingerprint density at radius 1 is 1.45 bits per heavy atom. The second-order valence-corrected chi connectivity index (χ2v) is 9.06. The first-order valence-electron chi connectivity index (χ1n) is 6.59. The average Bonchev–Trinajstić information content (AvgIpc) is 2.34. The van der Waals surface area contributed by atoms with Gasteiger partial charge in [0.1, 0.15) is 0 Å². The van der Waals surface area contributed by atoms with Gasteiger partial charge in [-0.15, -0.1) is 0 Å². The molecule has 4 nitrogen and oxygen atoms in total. The Hall–Kier alpha value is -0.620. The molecule has 1 N–H and O–H groups in total. The van der Waals surface area contributed by atoms with Crippen molar-refractivity contribution >= 4 is 21.4 Å². The number of β-amino-alcohol motifs (C(OH)–C–C–N with tert-alkyl or cyclic N) is 1. The summed E-state index contributed by atoms with van der Waals surface area (Å²) in [5.74, 6) is 0.141. The summed E-state index contributed by atoms with van der Waals surface area (Å²) in [4.78, 5) is 1.99. The third-order valence-corrected chi connectivity index (χ3v) is 6.56. The molecule has 1 aromatic rings. The van der Waals surface area contributed by atoms with Crippen molar-refractivity contribution in [1.29, 1.82) is 0 Å². The van der Waals surface area contributed by atoms with Crippen molar-refractivity contribution < 1.29 is 13.5 Å². The second-order valence-electron chi connectivity index (χ2n) is 5.88. The number of aliphatic hydroxyl groups is 1. The fourth-order valence-corrected chi connectivity index (χ4v) is 4.09. The van der Waals surface area contributed by atoms with E-state index in [-0.39, 0.29) is 5.75 Å².